The molecular weight excluding hydrogens is 374 g/mol. The molecule has 1 aromatic heterocycles. The van der Waals surface area contributed by atoms with Gasteiger partial charge < -0.3 is 9.84 Å². The van der Waals surface area contributed by atoms with Gasteiger partial charge in [0.15, 0.2) is 0 Å². The van der Waals surface area contributed by atoms with Crippen LogP contribution < -0.4 is 5.32 Å². The number of aromatic nitrogens is 1. The minimum atomic E-state index is 0.0256. The summed E-state index contributed by atoms with van der Waals surface area (Å²) in [5.74, 6) is 1.24. The molecule has 0 aliphatic rings. The number of hydrogen-bond donors (Lipinski definition) is 1. The van der Waals surface area contributed by atoms with E-state index in [2.05, 4.69) is 36.5 Å². The number of rotatable bonds is 10. The number of nitrogens with one attached hydrogen (secondary N) is 1. The summed E-state index contributed by atoms with van der Waals surface area (Å²) in [6.45, 7) is 5.44. The van der Waals surface area contributed by atoms with Gasteiger partial charge in [0, 0.05) is 18.1 Å². The van der Waals surface area contributed by atoms with Gasteiger partial charge in [-0.15, -0.1) is 0 Å². The Labute approximate surface area is 179 Å². The van der Waals surface area contributed by atoms with Crippen molar-refractivity contribution in [3.8, 4) is 11.3 Å². The van der Waals surface area contributed by atoms with E-state index in [-0.39, 0.29) is 11.9 Å². The molecule has 0 aliphatic carbocycles. The summed E-state index contributed by atoms with van der Waals surface area (Å²) < 4.78 is 5.46. The molecule has 5 heteroatoms. The molecule has 2 aromatic carbocycles. The summed E-state index contributed by atoms with van der Waals surface area (Å²) in [5.41, 5.74) is 3.06. The summed E-state index contributed by atoms with van der Waals surface area (Å²) in [5, 5.41) is 7.34. The van der Waals surface area contributed by atoms with E-state index in [4.69, 9.17) is 4.52 Å². The Morgan fingerprint density at radius 2 is 1.73 bits per heavy atom. The summed E-state index contributed by atoms with van der Waals surface area (Å²) in [6, 6.07) is 22.2. The van der Waals surface area contributed by atoms with E-state index in [1.54, 1.807) is 0 Å². The van der Waals surface area contributed by atoms with Crippen molar-refractivity contribution < 1.29 is 9.32 Å². The Bertz CT molecular complexity index is 906. The lowest BCUT2D eigenvalue weighted by molar-refractivity contribution is -0.123. The van der Waals surface area contributed by atoms with Crippen LogP contribution in [0.1, 0.15) is 37.6 Å². The minimum Gasteiger partial charge on any atom is -0.361 e. The monoisotopic (exact) mass is 405 g/mol. The van der Waals surface area contributed by atoms with E-state index in [0.29, 0.717) is 12.5 Å². The smallest absolute Gasteiger partial charge is 0.234 e. The van der Waals surface area contributed by atoms with Gasteiger partial charge in [0.05, 0.1) is 12.6 Å². The maximum absolute atomic E-state index is 12.6. The molecule has 1 unspecified atom stereocenters. The third-order valence-corrected chi connectivity index (χ3v) is 5.15. The second kappa shape index (κ2) is 10.7. The fourth-order valence-electron chi connectivity index (χ4n) is 3.54. The first-order valence-electron chi connectivity index (χ1n) is 10.6. The summed E-state index contributed by atoms with van der Waals surface area (Å²) in [7, 11) is 1.97. The lowest BCUT2D eigenvalue weighted by Crippen LogP contribution is -2.39. The molecule has 3 rings (SSSR count). The molecule has 0 spiro atoms. The van der Waals surface area contributed by atoms with Crippen molar-refractivity contribution in [3.63, 3.8) is 0 Å². The fraction of sp³-hybridized carbons (Fsp3) is 0.360. The predicted molar refractivity (Wildman–Crippen MR) is 120 cm³/mol. The first-order chi connectivity index (χ1) is 14.5. The quantitative estimate of drug-likeness (QED) is 0.530. The highest BCUT2D eigenvalue weighted by atomic mass is 16.5. The van der Waals surface area contributed by atoms with E-state index in [0.717, 1.165) is 42.0 Å². The molecule has 0 fully saturated rings. The van der Waals surface area contributed by atoms with Crippen molar-refractivity contribution in [2.45, 2.75) is 32.7 Å². The molecule has 5 nitrogen and oxygen atoms in total. The third kappa shape index (κ3) is 6.29. The van der Waals surface area contributed by atoms with E-state index in [1.807, 2.05) is 66.5 Å². The van der Waals surface area contributed by atoms with Gasteiger partial charge in [-0.05, 0) is 31.5 Å². The zero-order valence-corrected chi connectivity index (χ0v) is 18.0. The Balaban J connectivity index is 1.43. The number of benzene rings is 2. The van der Waals surface area contributed by atoms with Crippen LogP contribution in [0.5, 0.6) is 0 Å². The number of carbonyl (C=O) groups is 1. The maximum Gasteiger partial charge on any atom is 0.234 e. The average molecular weight is 406 g/mol. The number of amides is 1. The van der Waals surface area contributed by atoms with Crippen molar-refractivity contribution in [2.24, 2.45) is 5.92 Å². The Hall–Kier alpha value is -2.92. The van der Waals surface area contributed by atoms with Crippen molar-refractivity contribution in [1.29, 1.82) is 0 Å². The van der Waals surface area contributed by atoms with Gasteiger partial charge in [0.25, 0.3) is 0 Å². The highest BCUT2D eigenvalue weighted by molar-refractivity contribution is 5.78. The van der Waals surface area contributed by atoms with E-state index >= 15 is 0 Å². The molecule has 1 N–H and O–H groups in total. The molecule has 30 heavy (non-hydrogen) atoms. The van der Waals surface area contributed by atoms with Crippen LogP contribution >= 0.6 is 0 Å². The Morgan fingerprint density at radius 3 is 2.40 bits per heavy atom. The topological polar surface area (TPSA) is 58.4 Å². The van der Waals surface area contributed by atoms with Crippen LogP contribution in [0.3, 0.4) is 0 Å². The molecule has 0 radical (unpaired) electrons. The zero-order chi connectivity index (χ0) is 21.3. The first-order valence-corrected chi connectivity index (χ1v) is 10.6. The average Bonchev–Trinajstić information content (AvgIpc) is 3.22. The zero-order valence-electron chi connectivity index (χ0n) is 18.0. The normalized spacial score (nSPS) is 12.3. The molecule has 1 atom stereocenters. The molecular formula is C25H31N3O2. The Kier molecular flexibility index (Phi) is 7.80. The molecule has 158 valence electrons. The van der Waals surface area contributed by atoms with E-state index in [1.165, 1.54) is 0 Å². The molecule has 0 saturated carbocycles. The van der Waals surface area contributed by atoms with Crippen molar-refractivity contribution in [3.05, 3.63) is 78.1 Å². The molecule has 0 bridgehead atoms. The largest absolute Gasteiger partial charge is 0.361 e. The highest BCUT2D eigenvalue weighted by Gasteiger charge is 2.18. The van der Waals surface area contributed by atoms with Crippen molar-refractivity contribution in [1.82, 2.24) is 15.4 Å². The van der Waals surface area contributed by atoms with Crippen molar-refractivity contribution >= 4 is 5.91 Å². The van der Waals surface area contributed by atoms with Crippen LogP contribution in [0.4, 0.5) is 0 Å². The predicted octanol–water partition coefficient (Wildman–Crippen LogP) is 4.72. The van der Waals surface area contributed by atoms with Crippen LogP contribution in [-0.4, -0.2) is 36.1 Å². The van der Waals surface area contributed by atoms with Gasteiger partial charge in [-0.3, -0.25) is 9.69 Å². The summed E-state index contributed by atoms with van der Waals surface area (Å²) >= 11 is 0. The van der Waals surface area contributed by atoms with Crippen LogP contribution in [0, 0.1) is 5.92 Å². The number of likely N-dealkylation sites (N-methyl/N-ethyl adjacent to an activating group) is 1. The van der Waals surface area contributed by atoms with E-state index in [9.17, 15) is 4.79 Å². The van der Waals surface area contributed by atoms with Gasteiger partial charge in [-0.2, -0.15) is 0 Å². The minimum absolute atomic E-state index is 0.0256. The molecule has 0 aliphatic heterocycles. The molecule has 1 heterocycles. The van der Waals surface area contributed by atoms with Gasteiger partial charge in [0.2, 0.25) is 5.91 Å². The van der Waals surface area contributed by atoms with Crippen LogP contribution in [-0.2, 0) is 11.2 Å². The first kappa shape index (κ1) is 21.8. The lowest BCUT2D eigenvalue weighted by atomic mass is 9.96. The molecule has 3 aromatic rings. The SMILES string of the molecule is CC(C)C(NC(=O)CN(C)CCCc1cc(-c2ccccc2)no1)c1ccccc1. The number of hydrogen-bond acceptors (Lipinski definition) is 4. The van der Waals surface area contributed by atoms with Crippen LogP contribution in [0.15, 0.2) is 71.3 Å². The Morgan fingerprint density at radius 1 is 1.07 bits per heavy atom. The van der Waals surface area contributed by atoms with Gasteiger partial charge in [-0.1, -0.05) is 79.7 Å². The van der Waals surface area contributed by atoms with Crippen molar-refractivity contribution in [2.75, 3.05) is 20.1 Å². The lowest BCUT2D eigenvalue weighted by Gasteiger charge is -2.24. The summed E-state index contributed by atoms with van der Waals surface area (Å²) in [4.78, 5) is 14.6. The van der Waals surface area contributed by atoms with Crippen LogP contribution in [0.25, 0.3) is 11.3 Å². The standard InChI is InChI=1S/C25H31N3O2/c1-19(2)25(21-13-8-5-9-14-21)26-24(29)18-28(3)16-10-15-22-17-23(27-30-22)20-11-6-4-7-12-20/h4-9,11-14,17,19,25H,10,15-16,18H2,1-3H3,(H,26,29). The summed E-state index contributed by atoms with van der Waals surface area (Å²) in [6.07, 6.45) is 1.70. The van der Waals surface area contributed by atoms with Gasteiger partial charge in [-0.25, -0.2) is 0 Å². The number of carbonyl (C=O) groups excluding carboxylic acids is 1. The number of aryl methyl sites for hydroxylation is 1. The third-order valence-electron chi connectivity index (χ3n) is 5.15. The van der Waals surface area contributed by atoms with Gasteiger partial charge >= 0.3 is 0 Å². The number of nitrogens with zero attached hydrogens (tertiary/aromatic N) is 2. The second-order valence-electron chi connectivity index (χ2n) is 8.09. The molecule has 0 saturated heterocycles. The van der Waals surface area contributed by atoms with Crippen LogP contribution in [0.2, 0.25) is 0 Å². The maximum atomic E-state index is 12.6. The second-order valence-corrected chi connectivity index (χ2v) is 8.09. The van der Waals surface area contributed by atoms with Gasteiger partial charge in [0.1, 0.15) is 11.5 Å². The highest BCUT2D eigenvalue weighted by Crippen LogP contribution is 2.21. The molecule has 1 amide bonds. The fourth-order valence-corrected chi connectivity index (χ4v) is 3.54. The van der Waals surface area contributed by atoms with E-state index < -0.39 is 0 Å².